The van der Waals surface area contributed by atoms with Crippen LogP contribution in [0, 0.1) is 23.7 Å². The van der Waals surface area contributed by atoms with Crippen molar-refractivity contribution in [3.05, 3.63) is 53.6 Å². The van der Waals surface area contributed by atoms with E-state index in [0.29, 0.717) is 6.10 Å². The quantitative estimate of drug-likeness (QED) is 0.534. The molecule has 0 aliphatic heterocycles. The van der Waals surface area contributed by atoms with E-state index in [1.165, 1.54) is 63.4 Å². The van der Waals surface area contributed by atoms with Crippen molar-refractivity contribution in [2.45, 2.75) is 70.8 Å². The number of hydrogen-bond acceptors (Lipinski definition) is 1. The van der Waals surface area contributed by atoms with Gasteiger partial charge < -0.3 is 4.74 Å². The van der Waals surface area contributed by atoms with Crippen LogP contribution in [0.2, 0.25) is 0 Å². The Morgan fingerprint density at radius 1 is 0.963 bits per heavy atom. The van der Waals surface area contributed by atoms with Gasteiger partial charge in [-0.05, 0) is 105 Å². The first-order valence-electron chi connectivity index (χ1n) is 11.2. The zero-order valence-corrected chi connectivity index (χ0v) is 17.0. The van der Waals surface area contributed by atoms with Gasteiger partial charge in [0.15, 0.2) is 0 Å². The number of aryl methyl sites for hydroxylation is 1. The molecule has 0 heterocycles. The van der Waals surface area contributed by atoms with Gasteiger partial charge in [0, 0.05) is 0 Å². The topological polar surface area (TPSA) is 9.23 Å². The van der Waals surface area contributed by atoms with E-state index < -0.39 is 0 Å². The summed E-state index contributed by atoms with van der Waals surface area (Å²) < 4.78 is 6.08. The summed E-state index contributed by atoms with van der Waals surface area (Å²) in [6.07, 6.45) is 19.1. The molecule has 1 heteroatoms. The molecule has 3 aliphatic carbocycles. The monoisotopic (exact) mass is 364 g/mol. The highest BCUT2D eigenvalue weighted by molar-refractivity contribution is 5.50. The molecule has 4 rings (SSSR count). The third-order valence-electron chi connectivity index (χ3n) is 7.67. The summed E-state index contributed by atoms with van der Waals surface area (Å²) >= 11 is 0. The average molecular weight is 365 g/mol. The van der Waals surface area contributed by atoms with E-state index in [4.69, 9.17) is 4.74 Å². The fraction of sp³-hybridized carbons (Fsp3) is 0.615. The Labute approximate surface area is 165 Å². The Morgan fingerprint density at radius 3 is 2.56 bits per heavy atom. The number of rotatable bonds is 5. The van der Waals surface area contributed by atoms with Crippen LogP contribution in [0.25, 0.3) is 6.08 Å². The maximum absolute atomic E-state index is 6.08. The van der Waals surface area contributed by atoms with Crippen LogP contribution in [0.1, 0.15) is 68.6 Å². The van der Waals surface area contributed by atoms with Crippen molar-refractivity contribution in [1.82, 2.24) is 0 Å². The highest BCUT2D eigenvalue weighted by atomic mass is 16.5. The van der Waals surface area contributed by atoms with Gasteiger partial charge >= 0.3 is 0 Å². The zero-order valence-electron chi connectivity index (χ0n) is 17.0. The number of hydrogen-bond donors (Lipinski definition) is 0. The highest BCUT2D eigenvalue weighted by Gasteiger charge is 2.38. The van der Waals surface area contributed by atoms with Gasteiger partial charge in [0.1, 0.15) is 0 Å². The van der Waals surface area contributed by atoms with Crippen LogP contribution in [0.3, 0.4) is 0 Å². The molecule has 0 amide bonds. The minimum atomic E-state index is 0.514. The molecule has 146 valence electrons. The normalized spacial score (nSPS) is 33.4. The Morgan fingerprint density at radius 2 is 1.74 bits per heavy atom. The molecular weight excluding hydrogens is 328 g/mol. The van der Waals surface area contributed by atoms with E-state index in [2.05, 4.69) is 43.9 Å². The van der Waals surface area contributed by atoms with Crippen LogP contribution >= 0.6 is 0 Å². The molecule has 0 N–H and O–H groups in total. The molecule has 0 aromatic heterocycles. The minimum Gasteiger partial charge on any atom is -0.374 e. The second-order valence-corrected chi connectivity index (χ2v) is 9.17. The van der Waals surface area contributed by atoms with Gasteiger partial charge in [0.2, 0.25) is 0 Å². The number of fused-ring (bicyclic) bond motifs is 2. The first-order valence-corrected chi connectivity index (χ1v) is 11.2. The highest BCUT2D eigenvalue weighted by Crippen LogP contribution is 2.47. The fourth-order valence-corrected chi connectivity index (χ4v) is 6.08. The van der Waals surface area contributed by atoms with Crippen LogP contribution in [-0.4, -0.2) is 12.7 Å². The third-order valence-corrected chi connectivity index (χ3v) is 7.67. The molecule has 0 radical (unpaired) electrons. The van der Waals surface area contributed by atoms with E-state index in [-0.39, 0.29) is 0 Å². The van der Waals surface area contributed by atoms with Gasteiger partial charge in [-0.3, -0.25) is 0 Å². The van der Waals surface area contributed by atoms with Gasteiger partial charge in [-0.25, -0.2) is 0 Å². The summed E-state index contributed by atoms with van der Waals surface area (Å²) in [4.78, 5) is 0. The molecule has 5 atom stereocenters. The van der Waals surface area contributed by atoms with E-state index in [9.17, 15) is 0 Å². The second kappa shape index (κ2) is 8.78. The molecule has 3 unspecified atom stereocenters. The Bertz CT molecular complexity index is 673. The first kappa shape index (κ1) is 19.0. The molecule has 2 fully saturated rings. The van der Waals surface area contributed by atoms with Crippen molar-refractivity contribution >= 4 is 6.08 Å². The van der Waals surface area contributed by atoms with Crippen molar-refractivity contribution in [3.8, 4) is 0 Å². The van der Waals surface area contributed by atoms with E-state index in [1.54, 1.807) is 11.1 Å². The predicted molar refractivity (Wildman–Crippen MR) is 115 cm³/mol. The number of allylic oxidation sites excluding steroid dienone is 1. The molecule has 0 bridgehead atoms. The maximum atomic E-state index is 6.08. The van der Waals surface area contributed by atoms with Crippen LogP contribution < -0.4 is 0 Å². The summed E-state index contributed by atoms with van der Waals surface area (Å²) in [6.45, 7) is 6.80. The first-order chi connectivity index (χ1) is 13.3. The Balaban J connectivity index is 1.32. The van der Waals surface area contributed by atoms with Gasteiger partial charge in [-0.1, -0.05) is 43.0 Å². The van der Waals surface area contributed by atoms with E-state index in [0.717, 1.165) is 30.3 Å². The van der Waals surface area contributed by atoms with Gasteiger partial charge in [0.05, 0.1) is 12.7 Å². The lowest BCUT2D eigenvalue weighted by molar-refractivity contribution is -0.0138. The predicted octanol–water partition coefficient (Wildman–Crippen LogP) is 6.61. The van der Waals surface area contributed by atoms with Crippen molar-refractivity contribution in [2.24, 2.45) is 23.7 Å². The lowest BCUT2D eigenvalue weighted by Crippen LogP contribution is -2.37. The van der Waals surface area contributed by atoms with Crippen LogP contribution in [-0.2, 0) is 17.6 Å². The zero-order chi connectivity index (χ0) is 18.6. The number of ether oxygens (including phenoxy) is 1. The van der Waals surface area contributed by atoms with E-state index in [1.807, 2.05) is 6.08 Å². The molecule has 3 aliphatic rings. The molecule has 0 saturated heterocycles. The summed E-state index contributed by atoms with van der Waals surface area (Å²) in [5.41, 5.74) is 4.47. The third kappa shape index (κ3) is 4.40. The number of benzene rings is 1. The van der Waals surface area contributed by atoms with Gasteiger partial charge in [0.25, 0.3) is 0 Å². The van der Waals surface area contributed by atoms with Crippen molar-refractivity contribution in [3.63, 3.8) is 0 Å². The fourth-order valence-electron chi connectivity index (χ4n) is 6.08. The molecule has 1 aromatic carbocycles. The van der Waals surface area contributed by atoms with E-state index >= 15 is 0 Å². The van der Waals surface area contributed by atoms with Crippen LogP contribution in [0.15, 0.2) is 36.9 Å². The minimum absolute atomic E-state index is 0.514. The van der Waals surface area contributed by atoms with Crippen LogP contribution in [0.4, 0.5) is 0 Å². The van der Waals surface area contributed by atoms with Gasteiger partial charge in [-0.2, -0.15) is 0 Å². The molecule has 27 heavy (non-hydrogen) atoms. The summed E-state index contributed by atoms with van der Waals surface area (Å²) in [5, 5.41) is 0. The molecule has 1 aromatic rings. The lowest BCUT2D eigenvalue weighted by Gasteiger charge is -2.44. The largest absolute Gasteiger partial charge is 0.374 e. The van der Waals surface area contributed by atoms with Crippen molar-refractivity contribution < 1.29 is 4.74 Å². The maximum Gasteiger partial charge on any atom is 0.0651 e. The summed E-state index contributed by atoms with van der Waals surface area (Å²) in [6, 6.07) is 6.99. The van der Waals surface area contributed by atoms with Crippen molar-refractivity contribution in [1.29, 1.82) is 0 Å². The average Bonchev–Trinajstić information content (AvgIpc) is 2.72. The second-order valence-electron chi connectivity index (χ2n) is 9.17. The lowest BCUT2D eigenvalue weighted by atomic mass is 9.62. The van der Waals surface area contributed by atoms with Gasteiger partial charge in [-0.15, -0.1) is 0 Å². The molecule has 2 saturated carbocycles. The summed E-state index contributed by atoms with van der Waals surface area (Å²) in [7, 11) is 0. The Hall–Kier alpha value is -1.34. The molecule has 0 spiro atoms. The van der Waals surface area contributed by atoms with Crippen molar-refractivity contribution in [2.75, 3.05) is 6.61 Å². The SMILES string of the molecule is C=Cc1ccc2c(c1)CCC(C1CCC3C[C@H](OC/C=C/C)CC[C@@H]3C1)C2. The smallest absolute Gasteiger partial charge is 0.0651 e. The standard InChI is InChI=1S/C26H36O/c1-3-5-14-27-26-13-12-24-17-23(10-11-25(24)18-26)22-9-8-20-15-19(4-2)6-7-21(20)16-22/h3-7,15,22-26H,2,8-14,16-18H2,1H3/b5-3+/t22?,23?,24-,25?,26-/m1/s1. The Kier molecular flexibility index (Phi) is 6.18. The molecular formula is C26H36O. The van der Waals surface area contributed by atoms with Crippen LogP contribution in [0.5, 0.6) is 0 Å². The summed E-state index contributed by atoms with van der Waals surface area (Å²) in [5.74, 6) is 3.77. The molecule has 1 nitrogen and oxygen atoms in total.